The highest BCUT2D eigenvalue weighted by Gasteiger charge is 2.60. The van der Waals surface area contributed by atoms with E-state index >= 15 is 0 Å². The molecule has 1 N–H and O–H groups in total. The summed E-state index contributed by atoms with van der Waals surface area (Å²) in [6, 6.07) is 2.92. The van der Waals surface area contributed by atoms with Gasteiger partial charge >= 0.3 is 5.97 Å². The Morgan fingerprint density at radius 3 is 2.61 bits per heavy atom. The van der Waals surface area contributed by atoms with Gasteiger partial charge < -0.3 is 33.5 Å². The Labute approximate surface area is 260 Å². The van der Waals surface area contributed by atoms with Crippen LogP contribution >= 0.6 is 11.8 Å². The minimum Gasteiger partial charge on any atom is -0.507 e. The van der Waals surface area contributed by atoms with Gasteiger partial charge in [0.05, 0.1) is 30.5 Å². The van der Waals surface area contributed by atoms with Crippen LogP contribution in [0.4, 0.5) is 0 Å². The summed E-state index contributed by atoms with van der Waals surface area (Å²) in [6.07, 6.45) is 0.635. The van der Waals surface area contributed by atoms with Crippen LogP contribution in [0.1, 0.15) is 56.3 Å². The van der Waals surface area contributed by atoms with Crippen LogP contribution in [-0.2, 0) is 25.4 Å². The minimum atomic E-state index is -0.603. The van der Waals surface area contributed by atoms with Crippen molar-refractivity contribution < 1.29 is 38.3 Å². The predicted molar refractivity (Wildman–Crippen MR) is 160 cm³/mol. The number of nitrogens with zero attached hydrogens (tertiary/aromatic N) is 3. The van der Waals surface area contributed by atoms with E-state index in [4.69, 9.17) is 28.4 Å². The molecule has 11 nitrogen and oxygen atoms in total. The lowest BCUT2D eigenvalue weighted by Gasteiger charge is -2.61. The number of ether oxygens (including phenoxy) is 6. The predicted octanol–water partition coefficient (Wildman–Crippen LogP) is 4.08. The summed E-state index contributed by atoms with van der Waals surface area (Å²) in [5, 5.41) is 23.9. The molecule has 5 aliphatic rings. The Bertz CT molecular complexity index is 1640. The van der Waals surface area contributed by atoms with Gasteiger partial charge in [0.15, 0.2) is 18.3 Å². The number of carbonyl (C=O) groups is 1. The summed E-state index contributed by atoms with van der Waals surface area (Å²) in [4.78, 5) is 17.6. The number of benzene rings is 2. The lowest BCUT2D eigenvalue weighted by Crippen LogP contribution is -2.69. The number of nitriles is 1. The quantitative estimate of drug-likeness (QED) is 0.391. The molecule has 1 fully saturated rings. The van der Waals surface area contributed by atoms with Gasteiger partial charge in [0.25, 0.3) is 0 Å². The minimum absolute atomic E-state index is 0.00933. The van der Waals surface area contributed by atoms with E-state index in [9.17, 15) is 15.2 Å². The van der Waals surface area contributed by atoms with E-state index in [0.29, 0.717) is 34.6 Å². The fourth-order valence-corrected chi connectivity index (χ4v) is 9.12. The molecule has 0 aliphatic carbocycles. The summed E-state index contributed by atoms with van der Waals surface area (Å²) < 4.78 is 34.9. The van der Waals surface area contributed by atoms with Crippen molar-refractivity contribution in [2.45, 2.75) is 62.7 Å². The largest absolute Gasteiger partial charge is 0.507 e. The summed E-state index contributed by atoms with van der Waals surface area (Å²) in [5.74, 6) is 1.36. The summed E-state index contributed by atoms with van der Waals surface area (Å²) >= 11 is 1.37. The Hall–Kier alpha value is -3.63. The summed E-state index contributed by atoms with van der Waals surface area (Å²) in [7, 11) is 5.10. The number of fused-ring (bicyclic) bond motifs is 9. The zero-order chi connectivity index (χ0) is 31.0. The number of cyclic esters (lactones) is 1. The van der Waals surface area contributed by atoms with E-state index in [1.54, 1.807) is 12.5 Å². The van der Waals surface area contributed by atoms with Crippen LogP contribution in [0.5, 0.6) is 23.0 Å². The third-order valence-electron chi connectivity index (χ3n) is 9.91. The fourth-order valence-electron chi connectivity index (χ4n) is 7.83. The smallest absolute Gasteiger partial charge is 0.374 e. The van der Waals surface area contributed by atoms with Gasteiger partial charge in [-0.1, -0.05) is 6.07 Å². The highest BCUT2D eigenvalue weighted by molar-refractivity contribution is 8.02. The number of methoxy groups -OCH3 is 2. The number of piperazine rings is 1. The van der Waals surface area contributed by atoms with Gasteiger partial charge in [-0.05, 0) is 50.9 Å². The van der Waals surface area contributed by atoms with Gasteiger partial charge in [-0.3, -0.25) is 9.80 Å². The molecule has 5 aliphatic heterocycles. The van der Waals surface area contributed by atoms with Crippen molar-refractivity contribution in [1.29, 1.82) is 5.26 Å². The van der Waals surface area contributed by atoms with Crippen LogP contribution in [0.3, 0.4) is 0 Å². The number of hydrogen-bond donors (Lipinski definition) is 1. The van der Waals surface area contributed by atoms with Crippen LogP contribution in [0.2, 0.25) is 0 Å². The molecule has 2 aromatic rings. The van der Waals surface area contributed by atoms with Crippen molar-refractivity contribution in [3.05, 3.63) is 56.2 Å². The Morgan fingerprint density at radius 2 is 1.89 bits per heavy atom. The van der Waals surface area contributed by atoms with E-state index in [1.165, 1.54) is 18.9 Å². The Kier molecular flexibility index (Phi) is 7.12. The maximum atomic E-state index is 13.1. The molecule has 12 heteroatoms. The molecule has 1 unspecified atom stereocenters. The van der Waals surface area contributed by atoms with Crippen LogP contribution in [0.15, 0.2) is 17.2 Å². The van der Waals surface area contributed by atoms with Gasteiger partial charge in [0.1, 0.15) is 24.1 Å². The second kappa shape index (κ2) is 10.8. The van der Waals surface area contributed by atoms with Gasteiger partial charge in [-0.15, -0.1) is 11.8 Å². The first-order chi connectivity index (χ1) is 21.2. The van der Waals surface area contributed by atoms with Gasteiger partial charge in [-0.2, -0.15) is 5.26 Å². The van der Waals surface area contributed by atoms with Gasteiger partial charge in [0.2, 0.25) is 12.6 Å². The van der Waals surface area contributed by atoms with E-state index in [1.807, 2.05) is 6.92 Å². The molecule has 7 rings (SSSR count). The van der Waals surface area contributed by atoms with Crippen LogP contribution in [0.25, 0.3) is 0 Å². The molecule has 1 saturated heterocycles. The average molecular weight is 622 g/mol. The molecule has 0 amide bonds. The third kappa shape index (κ3) is 3.96. The monoisotopic (exact) mass is 621 g/mol. The zero-order valence-corrected chi connectivity index (χ0v) is 26.3. The second-order valence-electron chi connectivity index (χ2n) is 11.9. The summed E-state index contributed by atoms with van der Waals surface area (Å²) in [5.41, 5.74) is 6.27. The number of phenols is 1. The zero-order valence-electron chi connectivity index (χ0n) is 25.5. The number of carbonyl (C=O) groups excluding carboxylic acids is 1. The standard InChI is InChI=1S/C32H35N3O8S/c1-14-7-17-8-18-19(9-33)35-20-10-40-32(37)21(39-6)11-44-31(24-23(20)30-29(42-13-43-30)16(3)27(24)36)26(35)25(34(18)4)22(17)28(15(14)2)41-12-38-5/h7,11,18-20,25-26,31,36H,8,10,12-13H2,1-6H3/b21-11+/t18-,19-,20-,25+,26?,31+/m0/s1. The number of aromatic hydroxyl groups is 1. The van der Waals surface area contributed by atoms with Crippen molar-refractivity contribution in [3.8, 4) is 29.1 Å². The fraction of sp³-hybridized carbons (Fsp3) is 0.500. The van der Waals surface area contributed by atoms with Crippen molar-refractivity contribution in [1.82, 2.24) is 9.80 Å². The van der Waals surface area contributed by atoms with Crippen LogP contribution in [-0.4, -0.2) is 80.5 Å². The van der Waals surface area contributed by atoms with E-state index in [2.05, 4.69) is 42.8 Å². The molecule has 5 heterocycles. The summed E-state index contributed by atoms with van der Waals surface area (Å²) in [6.45, 7) is 5.97. The van der Waals surface area contributed by atoms with Crippen LogP contribution < -0.4 is 14.2 Å². The number of phenolic OH excluding ortho intramolecular Hbond substituents is 1. The molecular weight excluding hydrogens is 586 g/mol. The number of likely N-dealkylation sites (N-methyl/N-ethyl adjacent to an activating group) is 1. The number of thioether (sulfide) groups is 1. The molecule has 232 valence electrons. The lowest BCUT2D eigenvalue weighted by molar-refractivity contribution is -0.148. The maximum absolute atomic E-state index is 13.1. The molecule has 0 saturated carbocycles. The number of hydrogen-bond acceptors (Lipinski definition) is 12. The molecule has 0 spiro atoms. The van der Waals surface area contributed by atoms with Crippen molar-refractivity contribution >= 4 is 17.7 Å². The number of rotatable bonds is 4. The van der Waals surface area contributed by atoms with E-state index in [-0.39, 0.29) is 49.8 Å². The van der Waals surface area contributed by atoms with Crippen molar-refractivity contribution in [2.24, 2.45) is 0 Å². The van der Waals surface area contributed by atoms with Crippen LogP contribution in [0, 0.1) is 32.1 Å². The molecule has 4 bridgehead atoms. The molecular formula is C32H35N3O8S. The molecule has 44 heavy (non-hydrogen) atoms. The Balaban J connectivity index is 1.55. The van der Waals surface area contributed by atoms with Crippen molar-refractivity contribution in [2.75, 3.05) is 41.5 Å². The maximum Gasteiger partial charge on any atom is 0.374 e. The number of aryl methyl sites for hydroxylation is 1. The van der Waals surface area contributed by atoms with Gasteiger partial charge in [-0.25, -0.2) is 4.79 Å². The van der Waals surface area contributed by atoms with E-state index in [0.717, 1.165) is 28.0 Å². The highest BCUT2D eigenvalue weighted by Crippen LogP contribution is 2.63. The lowest BCUT2D eigenvalue weighted by atomic mass is 9.71. The molecule has 2 aromatic carbocycles. The first-order valence-corrected chi connectivity index (χ1v) is 15.5. The highest BCUT2D eigenvalue weighted by atomic mass is 32.2. The molecule has 0 aromatic heterocycles. The third-order valence-corrected chi connectivity index (χ3v) is 11.1. The average Bonchev–Trinajstić information content (AvgIpc) is 3.50. The normalized spacial score (nSPS) is 29.8. The van der Waals surface area contributed by atoms with Gasteiger partial charge in [0, 0.05) is 46.9 Å². The van der Waals surface area contributed by atoms with E-state index < -0.39 is 23.3 Å². The number of esters is 1. The molecule has 0 radical (unpaired) electrons. The topological polar surface area (TPSA) is 123 Å². The van der Waals surface area contributed by atoms with Crippen molar-refractivity contribution in [3.63, 3.8) is 0 Å². The molecule has 6 atom stereocenters. The first kappa shape index (κ1) is 29.1. The first-order valence-electron chi connectivity index (χ1n) is 14.6. The second-order valence-corrected chi connectivity index (χ2v) is 12.9. The Morgan fingerprint density at radius 1 is 1.11 bits per heavy atom. The SMILES string of the molecule is COCOc1c(C)c(C)cc2c1[C@@H]1C3[C@@H]4S/C=C(/OC)C(=O)OC[C@@H](c5c6c(c(C)c(O)c54)OCO6)N3[C@@H](C#N)[C@H](C2)N1C.